The number of benzene rings is 1. The molecule has 0 unspecified atom stereocenters. The first-order valence-corrected chi connectivity index (χ1v) is 4.21. The van der Waals surface area contributed by atoms with E-state index in [0.29, 0.717) is 0 Å². The second kappa shape index (κ2) is 3.12. The Labute approximate surface area is 83.5 Å². The van der Waals surface area contributed by atoms with Gasteiger partial charge in [0.25, 0.3) is 0 Å². The molecule has 0 saturated heterocycles. The molecule has 2 aromatic rings. The average molecular weight is 212 g/mol. The van der Waals surface area contributed by atoms with Gasteiger partial charge in [0, 0.05) is 5.39 Å². The van der Waals surface area contributed by atoms with Crippen LogP contribution in [0.2, 0.25) is 0 Å². The summed E-state index contributed by atoms with van der Waals surface area (Å²) in [5.41, 5.74) is 4.82. The van der Waals surface area contributed by atoms with Crippen molar-refractivity contribution >= 4 is 16.7 Å². The van der Waals surface area contributed by atoms with Crippen molar-refractivity contribution in [1.82, 2.24) is 4.98 Å². The number of pyridine rings is 1. The predicted molar refractivity (Wildman–Crippen MR) is 51.2 cm³/mol. The molecule has 2 rings (SSSR count). The van der Waals surface area contributed by atoms with Gasteiger partial charge in [0.15, 0.2) is 0 Å². The molecule has 5 heteroatoms. The number of anilines is 1. The lowest BCUT2D eigenvalue weighted by atomic mass is 10.1. The summed E-state index contributed by atoms with van der Waals surface area (Å²) in [7, 11) is 0. The number of rotatable bonds is 0. The smallest absolute Gasteiger partial charge is 0.384 e. The maximum absolute atomic E-state index is 12.6. The predicted octanol–water partition coefficient (Wildman–Crippen LogP) is 2.84. The van der Waals surface area contributed by atoms with Crippen LogP contribution in [0.3, 0.4) is 0 Å². The summed E-state index contributed by atoms with van der Waals surface area (Å²) < 4.78 is 37.8. The van der Waals surface area contributed by atoms with Crippen molar-refractivity contribution in [2.24, 2.45) is 0 Å². The van der Waals surface area contributed by atoms with Gasteiger partial charge >= 0.3 is 6.18 Å². The average Bonchev–Trinajstić information content (AvgIpc) is 2.15. The van der Waals surface area contributed by atoms with Crippen LogP contribution in [0, 0.1) is 0 Å². The molecule has 2 N–H and O–H groups in total. The normalized spacial score (nSPS) is 11.9. The topological polar surface area (TPSA) is 38.9 Å². The highest BCUT2D eigenvalue weighted by atomic mass is 19.4. The maximum Gasteiger partial charge on any atom is 0.417 e. The third kappa shape index (κ3) is 1.72. The zero-order valence-electron chi connectivity index (χ0n) is 7.55. The molecule has 0 bridgehead atoms. The Morgan fingerprint density at radius 1 is 1.13 bits per heavy atom. The van der Waals surface area contributed by atoms with Gasteiger partial charge in [-0.05, 0) is 12.1 Å². The molecule has 0 amide bonds. The summed E-state index contributed by atoms with van der Waals surface area (Å²) in [5.74, 6) is -0.124. The summed E-state index contributed by atoms with van der Waals surface area (Å²) in [6.45, 7) is 0. The standard InChI is InChI=1S/C10H7F3N2/c11-10(12,13)7-5-9(14)15-8-4-2-1-3-6(7)8/h1-5H,(H2,14,15). The number of nitrogens with two attached hydrogens (primary N) is 1. The Kier molecular flexibility index (Phi) is 2.03. The Morgan fingerprint density at radius 2 is 1.80 bits per heavy atom. The number of nitrogens with zero attached hydrogens (tertiary/aromatic N) is 1. The van der Waals surface area contributed by atoms with Crippen LogP contribution in [0.25, 0.3) is 10.9 Å². The molecule has 0 saturated carbocycles. The van der Waals surface area contributed by atoms with Gasteiger partial charge in [0.1, 0.15) is 5.82 Å². The molecule has 0 aliphatic heterocycles. The molecular formula is C10H7F3N2. The Balaban J connectivity index is 2.83. The first-order valence-electron chi connectivity index (χ1n) is 4.21. The van der Waals surface area contributed by atoms with Crippen molar-refractivity contribution in [3.8, 4) is 0 Å². The van der Waals surface area contributed by atoms with Crippen molar-refractivity contribution in [3.63, 3.8) is 0 Å². The number of hydrogen-bond acceptors (Lipinski definition) is 2. The van der Waals surface area contributed by atoms with Gasteiger partial charge in [-0.1, -0.05) is 18.2 Å². The van der Waals surface area contributed by atoms with E-state index in [1.807, 2.05) is 0 Å². The zero-order chi connectivity index (χ0) is 11.1. The van der Waals surface area contributed by atoms with Crippen LogP contribution in [0.4, 0.5) is 19.0 Å². The van der Waals surface area contributed by atoms with Gasteiger partial charge in [-0.3, -0.25) is 0 Å². The van der Waals surface area contributed by atoms with Gasteiger partial charge in [-0.25, -0.2) is 4.98 Å². The van der Waals surface area contributed by atoms with Crippen molar-refractivity contribution in [2.75, 3.05) is 5.73 Å². The molecule has 0 aliphatic rings. The number of nitrogen functional groups attached to an aromatic ring is 1. The number of fused-ring (bicyclic) bond motifs is 1. The molecule has 0 atom stereocenters. The molecular weight excluding hydrogens is 205 g/mol. The lowest BCUT2D eigenvalue weighted by Crippen LogP contribution is -2.07. The van der Waals surface area contributed by atoms with E-state index < -0.39 is 11.7 Å². The molecule has 1 aromatic heterocycles. The highest BCUT2D eigenvalue weighted by Gasteiger charge is 2.33. The number of hydrogen-bond donors (Lipinski definition) is 1. The minimum absolute atomic E-state index is 0.0687. The minimum Gasteiger partial charge on any atom is -0.384 e. The highest BCUT2D eigenvalue weighted by molar-refractivity contribution is 5.84. The van der Waals surface area contributed by atoms with Gasteiger partial charge < -0.3 is 5.73 Å². The summed E-state index contributed by atoms with van der Waals surface area (Å²) >= 11 is 0. The fraction of sp³-hybridized carbons (Fsp3) is 0.100. The summed E-state index contributed by atoms with van der Waals surface area (Å²) in [5, 5.41) is 0.0687. The Hall–Kier alpha value is -1.78. The van der Waals surface area contributed by atoms with Gasteiger partial charge in [-0.2, -0.15) is 13.2 Å². The van der Waals surface area contributed by atoms with Crippen LogP contribution in [0.5, 0.6) is 0 Å². The number of halogens is 3. The van der Waals surface area contributed by atoms with E-state index in [4.69, 9.17) is 5.73 Å². The number of para-hydroxylation sites is 1. The van der Waals surface area contributed by atoms with Crippen LogP contribution in [-0.2, 0) is 6.18 Å². The molecule has 0 fully saturated rings. The molecule has 1 aromatic carbocycles. The van der Waals surface area contributed by atoms with Crippen LogP contribution in [0.1, 0.15) is 5.56 Å². The van der Waals surface area contributed by atoms with E-state index in [1.165, 1.54) is 18.2 Å². The molecule has 78 valence electrons. The first kappa shape index (κ1) is 9.76. The van der Waals surface area contributed by atoms with Gasteiger partial charge in [0.2, 0.25) is 0 Å². The maximum atomic E-state index is 12.6. The highest BCUT2D eigenvalue weighted by Crippen LogP contribution is 2.34. The third-order valence-electron chi connectivity index (χ3n) is 2.04. The van der Waals surface area contributed by atoms with E-state index in [-0.39, 0.29) is 16.7 Å². The van der Waals surface area contributed by atoms with Crippen LogP contribution >= 0.6 is 0 Å². The molecule has 0 radical (unpaired) electrons. The fourth-order valence-electron chi connectivity index (χ4n) is 1.43. The van der Waals surface area contributed by atoms with E-state index in [0.717, 1.165) is 6.07 Å². The van der Waals surface area contributed by atoms with Crippen molar-refractivity contribution in [2.45, 2.75) is 6.18 Å². The molecule has 15 heavy (non-hydrogen) atoms. The van der Waals surface area contributed by atoms with Crippen molar-refractivity contribution in [3.05, 3.63) is 35.9 Å². The summed E-state index contributed by atoms with van der Waals surface area (Å²) in [4.78, 5) is 3.83. The SMILES string of the molecule is Nc1cc(C(F)(F)F)c2ccccc2n1. The largest absolute Gasteiger partial charge is 0.417 e. The van der Waals surface area contributed by atoms with Crippen LogP contribution < -0.4 is 5.73 Å². The lowest BCUT2D eigenvalue weighted by Gasteiger charge is -2.10. The van der Waals surface area contributed by atoms with E-state index in [2.05, 4.69) is 4.98 Å². The fourth-order valence-corrected chi connectivity index (χ4v) is 1.43. The zero-order valence-corrected chi connectivity index (χ0v) is 7.55. The molecule has 0 spiro atoms. The Morgan fingerprint density at radius 3 is 2.47 bits per heavy atom. The van der Waals surface area contributed by atoms with Crippen LogP contribution in [0.15, 0.2) is 30.3 Å². The van der Waals surface area contributed by atoms with Crippen molar-refractivity contribution < 1.29 is 13.2 Å². The Bertz CT molecular complexity index is 505. The van der Waals surface area contributed by atoms with E-state index >= 15 is 0 Å². The van der Waals surface area contributed by atoms with E-state index in [9.17, 15) is 13.2 Å². The first-order chi connectivity index (χ1) is 6.98. The van der Waals surface area contributed by atoms with E-state index in [1.54, 1.807) is 6.07 Å². The second-order valence-electron chi connectivity index (χ2n) is 3.11. The molecule has 2 nitrogen and oxygen atoms in total. The summed E-state index contributed by atoms with van der Waals surface area (Å²) in [6, 6.07) is 6.89. The van der Waals surface area contributed by atoms with Crippen LogP contribution in [-0.4, -0.2) is 4.98 Å². The lowest BCUT2D eigenvalue weighted by molar-refractivity contribution is -0.136. The quantitative estimate of drug-likeness (QED) is 0.729. The number of aromatic nitrogens is 1. The van der Waals surface area contributed by atoms with Crippen molar-refractivity contribution in [1.29, 1.82) is 0 Å². The van der Waals surface area contributed by atoms with Gasteiger partial charge in [-0.15, -0.1) is 0 Å². The number of alkyl halides is 3. The second-order valence-corrected chi connectivity index (χ2v) is 3.11. The molecule has 1 heterocycles. The summed E-state index contributed by atoms with van der Waals surface area (Å²) in [6.07, 6.45) is -4.41. The minimum atomic E-state index is -4.41. The monoisotopic (exact) mass is 212 g/mol. The molecule has 0 aliphatic carbocycles. The van der Waals surface area contributed by atoms with Gasteiger partial charge in [0.05, 0.1) is 11.1 Å². The third-order valence-corrected chi connectivity index (χ3v) is 2.04.